The van der Waals surface area contributed by atoms with Crippen LogP contribution in [0.5, 0.6) is 0 Å². The maximum absolute atomic E-state index is 14.8. The zero-order chi connectivity index (χ0) is 26.9. The lowest BCUT2D eigenvalue weighted by Crippen LogP contribution is -2.66. The number of nitriles is 1. The fourth-order valence-electron chi connectivity index (χ4n) is 5.66. The van der Waals surface area contributed by atoms with Gasteiger partial charge in [0.2, 0.25) is 5.91 Å². The van der Waals surface area contributed by atoms with Crippen LogP contribution in [0.15, 0.2) is 18.6 Å². The molecule has 5 rings (SSSR count). The minimum atomic E-state index is -3.43. The normalized spacial score (nSPS) is 27.9. The largest absolute Gasteiger partial charge is 0.350 e. The van der Waals surface area contributed by atoms with E-state index in [0.717, 1.165) is 11.8 Å². The summed E-state index contributed by atoms with van der Waals surface area (Å²) in [6.45, 7) is 10.8. The van der Waals surface area contributed by atoms with Gasteiger partial charge in [0.25, 0.3) is 0 Å². The van der Waals surface area contributed by atoms with Gasteiger partial charge < -0.3 is 14.7 Å². The number of rotatable bonds is 3. The molecule has 0 saturated carbocycles. The van der Waals surface area contributed by atoms with Crippen molar-refractivity contribution in [3.8, 4) is 6.07 Å². The number of halogens is 1. The Labute approximate surface area is 216 Å². The van der Waals surface area contributed by atoms with Crippen molar-refractivity contribution in [2.24, 2.45) is 0 Å². The van der Waals surface area contributed by atoms with E-state index < -0.39 is 25.8 Å². The summed E-state index contributed by atoms with van der Waals surface area (Å²) in [4.78, 5) is 31.9. The highest BCUT2D eigenvalue weighted by molar-refractivity contribution is 7.95. The number of hydrogen-bond acceptors (Lipinski definition) is 9. The van der Waals surface area contributed by atoms with Crippen molar-refractivity contribution in [1.82, 2.24) is 19.9 Å². The molecule has 3 atom stereocenters. The van der Waals surface area contributed by atoms with Gasteiger partial charge in [0, 0.05) is 48.8 Å². The van der Waals surface area contributed by atoms with Crippen molar-refractivity contribution >= 4 is 33.1 Å². The van der Waals surface area contributed by atoms with Crippen molar-refractivity contribution in [2.75, 3.05) is 35.2 Å². The molecule has 196 valence electrons. The molecule has 0 bridgehead atoms. The number of fused-ring (bicyclic) bond motifs is 1. The molecule has 1 unspecified atom stereocenters. The quantitative estimate of drug-likeness (QED) is 0.591. The molecule has 3 aliphatic heterocycles. The Bertz CT molecular complexity index is 1440. The van der Waals surface area contributed by atoms with Crippen LogP contribution in [-0.4, -0.2) is 76.4 Å². The number of anilines is 3. The smallest absolute Gasteiger partial charge is 0.244 e. The zero-order valence-electron chi connectivity index (χ0n) is 21.6. The SMILES string of the molecule is C[C@@H]1CN(c2ncnc3c2C(C)(C)CN3c2cc(C#N)ncc2F)[C@@H](C)CN1C(=O)C1(C)CCS1(=O)=O. The Morgan fingerprint density at radius 2 is 1.84 bits per heavy atom. The third-order valence-corrected chi connectivity index (χ3v) is 10.5. The topological polar surface area (TPSA) is 123 Å². The predicted molar refractivity (Wildman–Crippen MR) is 136 cm³/mol. The third-order valence-electron chi connectivity index (χ3n) is 8.04. The Morgan fingerprint density at radius 3 is 2.46 bits per heavy atom. The van der Waals surface area contributed by atoms with Gasteiger partial charge in [0.15, 0.2) is 15.7 Å². The van der Waals surface area contributed by atoms with Gasteiger partial charge in [-0.1, -0.05) is 13.8 Å². The standard InChI is InChI=1S/C25H30FN7O3S/c1-15-12-32(23(34)25(5)6-7-37(25,35)36)16(2)11-31(15)21-20-22(30-14-29-21)33(13-24(20,3)4)19-8-17(9-27)28-10-18(19)26/h8,10,14-16H,6-7,11-13H2,1-5H3/t15-,16+,25?/m0/s1. The average Bonchev–Trinajstić information content (AvgIpc) is 3.14. The van der Waals surface area contributed by atoms with Crippen LogP contribution < -0.4 is 9.80 Å². The monoisotopic (exact) mass is 527 g/mol. The number of hydrogen-bond donors (Lipinski definition) is 0. The van der Waals surface area contributed by atoms with Gasteiger partial charge in [-0.2, -0.15) is 5.26 Å². The summed E-state index contributed by atoms with van der Waals surface area (Å²) in [5.74, 6) is 0.443. The van der Waals surface area contributed by atoms with Crippen LogP contribution in [0.4, 0.5) is 21.7 Å². The number of sulfone groups is 1. The highest BCUT2D eigenvalue weighted by Crippen LogP contribution is 2.48. The molecule has 10 nitrogen and oxygen atoms in total. The Hall–Kier alpha value is -3.33. The van der Waals surface area contributed by atoms with E-state index in [1.54, 1.807) is 9.80 Å². The van der Waals surface area contributed by atoms with Gasteiger partial charge in [-0.05, 0) is 27.2 Å². The molecule has 12 heteroatoms. The molecule has 2 aromatic rings. The molecule has 0 aromatic carbocycles. The highest BCUT2D eigenvalue weighted by atomic mass is 32.2. The molecule has 2 fully saturated rings. The number of carbonyl (C=O) groups excluding carboxylic acids is 1. The Balaban J connectivity index is 1.49. The molecule has 2 aromatic heterocycles. The van der Waals surface area contributed by atoms with E-state index in [9.17, 15) is 22.9 Å². The molecular weight excluding hydrogens is 497 g/mol. The zero-order valence-corrected chi connectivity index (χ0v) is 22.4. The first kappa shape index (κ1) is 25.3. The van der Waals surface area contributed by atoms with E-state index in [2.05, 4.69) is 19.9 Å². The van der Waals surface area contributed by atoms with E-state index >= 15 is 0 Å². The number of aromatic nitrogens is 3. The van der Waals surface area contributed by atoms with E-state index in [0.29, 0.717) is 37.7 Å². The summed E-state index contributed by atoms with van der Waals surface area (Å²) < 4.78 is 38.2. The molecule has 0 radical (unpaired) electrons. The van der Waals surface area contributed by atoms with Gasteiger partial charge in [-0.3, -0.25) is 4.79 Å². The van der Waals surface area contributed by atoms with E-state index in [1.165, 1.54) is 19.3 Å². The summed E-state index contributed by atoms with van der Waals surface area (Å²) in [5, 5.41) is 9.27. The molecule has 37 heavy (non-hydrogen) atoms. The minimum Gasteiger partial charge on any atom is -0.350 e. The van der Waals surface area contributed by atoms with Gasteiger partial charge in [0.1, 0.15) is 34.5 Å². The molecule has 0 aliphatic carbocycles. The van der Waals surface area contributed by atoms with Crippen molar-refractivity contribution in [2.45, 2.75) is 63.3 Å². The van der Waals surface area contributed by atoms with E-state index in [1.807, 2.05) is 33.8 Å². The minimum absolute atomic E-state index is 0.0473. The third kappa shape index (κ3) is 3.74. The molecule has 5 heterocycles. The van der Waals surface area contributed by atoms with Crippen LogP contribution in [0.3, 0.4) is 0 Å². The van der Waals surface area contributed by atoms with Gasteiger partial charge in [-0.15, -0.1) is 0 Å². The van der Waals surface area contributed by atoms with Crippen LogP contribution in [0.2, 0.25) is 0 Å². The second-order valence-electron chi connectivity index (χ2n) is 11.1. The molecule has 0 spiro atoms. The predicted octanol–water partition coefficient (Wildman–Crippen LogP) is 2.31. The average molecular weight is 528 g/mol. The first-order valence-electron chi connectivity index (χ1n) is 12.3. The number of pyridine rings is 1. The first-order valence-corrected chi connectivity index (χ1v) is 13.9. The van der Waals surface area contributed by atoms with Gasteiger partial charge >= 0.3 is 0 Å². The van der Waals surface area contributed by atoms with Crippen molar-refractivity contribution in [3.63, 3.8) is 0 Å². The van der Waals surface area contributed by atoms with Gasteiger partial charge in [0.05, 0.1) is 17.6 Å². The second-order valence-corrected chi connectivity index (χ2v) is 13.6. The summed E-state index contributed by atoms with van der Waals surface area (Å²) in [7, 11) is -3.43. The summed E-state index contributed by atoms with van der Waals surface area (Å²) in [6.07, 6.45) is 2.84. The lowest BCUT2D eigenvalue weighted by atomic mass is 9.87. The maximum atomic E-state index is 14.8. The Kier molecular flexibility index (Phi) is 5.71. The van der Waals surface area contributed by atoms with Crippen LogP contribution in [0.25, 0.3) is 0 Å². The first-order chi connectivity index (χ1) is 17.3. The van der Waals surface area contributed by atoms with Crippen LogP contribution in [-0.2, 0) is 20.0 Å². The molecule has 3 aliphatic rings. The van der Waals surface area contributed by atoms with Crippen molar-refractivity contribution < 1.29 is 17.6 Å². The van der Waals surface area contributed by atoms with Crippen molar-refractivity contribution in [1.29, 1.82) is 5.26 Å². The lowest BCUT2D eigenvalue weighted by molar-refractivity contribution is -0.137. The number of amides is 1. The fraction of sp³-hybridized carbons (Fsp3) is 0.560. The molecule has 1 amide bonds. The van der Waals surface area contributed by atoms with Crippen molar-refractivity contribution in [3.05, 3.63) is 35.7 Å². The summed E-state index contributed by atoms with van der Waals surface area (Å²) in [5.41, 5.74) is 0.756. The lowest BCUT2D eigenvalue weighted by Gasteiger charge is -2.49. The number of carbonyl (C=O) groups is 1. The summed E-state index contributed by atoms with van der Waals surface area (Å²) in [6, 6.07) is 3.00. The van der Waals surface area contributed by atoms with E-state index in [4.69, 9.17) is 0 Å². The molecule has 0 N–H and O–H groups in total. The van der Waals surface area contributed by atoms with E-state index in [-0.39, 0.29) is 35.1 Å². The molecule has 2 saturated heterocycles. The maximum Gasteiger partial charge on any atom is 0.244 e. The van der Waals surface area contributed by atoms with Crippen LogP contribution >= 0.6 is 0 Å². The summed E-state index contributed by atoms with van der Waals surface area (Å²) >= 11 is 0. The highest BCUT2D eigenvalue weighted by Gasteiger charge is 2.57. The second kappa shape index (κ2) is 8.34. The number of nitrogens with zero attached hydrogens (tertiary/aromatic N) is 7. The Morgan fingerprint density at radius 1 is 1.14 bits per heavy atom. The fourth-order valence-corrected chi connectivity index (χ4v) is 7.20. The van der Waals surface area contributed by atoms with Crippen LogP contribution in [0, 0.1) is 17.1 Å². The number of piperazine rings is 1. The molecular formula is C25H30FN7O3S. The van der Waals surface area contributed by atoms with Crippen LogP contribution in [0.1, 0.15) is 52.3 Å². The van der Waals surface area contributed by atoms with Gasteiger partial charge in [-0.25, -0.2) is 27.8 Å².